The lowest BCUT2D eigenvalue weighted by atomic mass is 10.0. The van der Waals surface area contributed by atoms with Gasteiger partial charge in [-0.2, -0.15) is 5.10 Å². The number of carbonyl (C=O) groups is 1. The Morgan fingerprint density at radius 1 is 0.825 bits per heavy atom. The number of hydrogen-bond donors (Lipinski definition) is 1. The fourth-order valence-electron chi connectivity index (χ4n) is 4.42. The van der Waals surface area contributed by atoms with E-state index in [0.717, 1.165) is 39.6 Å². The van der Waals surface area contributed by atoms with Gasteiger partial charge in [-0.15, -0.1) is 0 Å². The van der Waals surface area contributed by atoms with Crippen molar-refractivity contribution in [2.75, 3.05) is 11.9 Å². The second kappa shape index (κ2) is 12.3. The van der Waals surface area contributed by atoms with Gasteiger partial charge in [0.2, 0.25) is 0 Å². The van der Waals surface area contributed by atoms with Crippen molar-refractivity contribution in [3.8, 4) is 0 Å². The number of fused-ring (bicyclic) bond motifs is 1. The molecule has 0 bridgehead atoms. The fourth-order valence-corrected chi connectivity index (χ4v) is 5.18. The second-order valence-corrected chi connectivity index (χ2v) is 16.7. The summed E-state index contributed by atoms with van der Waals surface area (Å²) in [6.07, 6.45) is 4.08. The Hall–Kier alpha value is -4.26. The summed E-state index contributed by atoms with van der Waals surface area (Å²) in [6.45, 7) is 8.07. The van der Waals surface area contributed by atoms with E-state index in [9.17, 15) is 4.79 Å². The molecule has 0 spiro atoms. The molecule has 40 heavy (non-hydrogen) atoms. The van der Waals surface area contributed by atoms with Crippen LogP contribution in [0.1, 0.15) is 27.2 Å². The summed E-state index contributed by atoms with van der Waals surface area (Å²) in [6, 6.07) is 34.6. The zero-order valence-electron chi connectivity index (χ0n) is 23.3. The summed E-state index contributed by atoms with van der Waals surface area (Å²) in [5.74, 6) is -0.0348. The minimum absolute atomic E-state index is 0.0348. The lowest BCUT2D eigenvalue weighted by Gasteiger charge is -2.15. The van der Waals surface area contributed by atoms with Crippen molar-refractivity contribution in [1.82, 2.24) is 9.78 Å². The third-order valence-corrected chi connectivity index (χ3v) is 8.38. The molecule has 0 saturated carbocycles. The van der Waals surface area contributed by atoms with E-state index in [0.29, 0.717) is 24.5 Å². The quantitative estimate of drug-likeness (QED) is 0.103. The maximum absolute atomic E-state index is 13.6. The normalized spacial score (nSPS) is 11.8. The smallest absolute Gasteiger partial charge is 0.193 e. The molecule has 0 atom stereocenters. The first-order valence-corrected chi connectivity index (χ1v) is 17.3. The van der Waals surface area contributed by atoms with Crippen molar-refractivity contribution >= 4 is 48.3 Å². The van der Waals surface area contributed by atoms with E-state index in [1.165, 1.54) is 0 Å². The Bertz CT molecular complexity index is 1620. The van der Waals surface area contributed by atoms with Gasteiger partial charge in [-0.05, 0) is 54.1 Å². The fraction of sp³-hybridized carbons (Fsp3) is 0.176. The van der Waals surface area contributed by atoms with Gasteiger partial charge in [0, 0.05) is 42.6 Å². The number of aromatic nitrogens is 2. The lowest BCUT2D eigenvalue weighted by Crippen LogP contribution is -2.22. The van der Waals surface area contributed by atoms with E-state index >= 15 is 0 Å². The van der Waals surface area contributed by atoms with Gasteiger partial charge in [0.05, 0.1) is 11.2 Å². The van der Waals surface area contributed by atoms with Crippen LogP contribution < -0.4 is 5.32 Å². The SMILES string of the molecule is C[Si](C)(C)CCOCn1nc(/C=C/c2ccccc2)c2ccc(C(=O)c3cccc(Nc4ccccc4)c3)cc21. The largest absolute Gasteiger partial charge is 0.360 e. The molecular weight excluding hydrogens is 510 g/mol. The zero-order valence-corrected chi connectivity index (χ0v) is 24.3. The zero-order chi connectivity index (χ0) is 28.0. The summed E-state index contributed by atoms with van der Waals surface area (Å²) in [5, 5.41) is 9.22. The summed E-state index contributed by atoms with van der Waals surface area (Å²) in [7, 11) is -1.20. The highest BCUT2D eigenvalue weighted by Gasteiger charge is 2.16. The van der Waals surface area contributed by atoms with Crippen molar-refractivity contribution < 1.29 is 9.53 Å². The topological polar surface area (TPSA) is 56.2 Å². The molecular formula is C34H35N3O2Si. The standard InChI is InChI=1S/C34H35N3O2Si/c1-40(2,3)22-21-39-25-37-33-24-28(18-19-31(33)32(36-37)20-17-26-11-6-4-7-12-26)34(38)27-13-10-16-30(23-27)35-29-14-8-5-9-15-29/h4-20,23-24,35H,21-22,25H2,1-3H3/b20-17+. The Morgan fingerprint density at radius 2 is 1.52 bits per heavy atom. The van der Waals surface area contributed by atoms with E-state index in [-0.39, 0.29) is 5.78 Å². The van der Waals surface area contributed by atoms with E-state index in [1.807, 2.05) is 102 Å². The highest BCUT2D eigenvalue weighted by atomic mass is 28.3. The monoisotopic (exact) mass is 545 g/mol. The number of ketones is 1. The number of carbonyl (C=O) groups excluding carboxylic acids is 1. The van der Waals surface area contributed by atoms with Gasteiger partial charge in [-0.3, -0.25) is 4.79 Å². The second-order valence-electron chi connectivity index (χ2n) is 11.1. The number of para-hydroxylation sites is 1. The molecule has 0 unspecified atom stereocenters. The van der Waals surface area contributed by atoms with Crippen LogP contribution in [0.4, 0.5) is 11.4 Å². The van der Waals surface area contributed by atoms with Crippen molar-refractivity contribution in [3.63, 3.8) is 0 Å². The molecule has 1 heterocycles. The van der Waals surface area contributed by atoms with Gasteiger partial charge in [-0.1, -0.05) is 92.4 Å². The highest BCUT2D eigenvalue weighted by molar-refractivity contribution is 6.76. The molecule has 5 nitrogen and oxygen atoms in total. The van der Waals surface area contributed by atoms with Gasteiger partial charge >= 0.3 is 0 Å². The van der Waals surface area contributed by atoms with Gasteiger partial charge in [-0.25, -0.2) is 4.68 Å². The molecule has 6 heteroatoms. The van der Waals surface area contributed by atoms with Crippen LogP contribution in [0.15, 0.2) is 103 Å². The Morgan fingerprint density at radius 3 is 2.27 bits per heavy atom. The van der Waals surface area contributed by atoms with E-state index in [1.54, 1.807) is 0 Å². The third-order valence-electron chi connectivity index (χ3n) is 6.67. The van der Waals surface area contributed by atoms with Crippen LogP contribution in [-0.2, 0) is 11.5 Å². The van der Waals surface area contributed by atoms with Gasteiger partial charge in [0.25, 0.3) is 0 Å². The van der Waals surface area contributed by atoms with Crippen LogP contribution in [0.2, 0.25) is 25.7 Å². The Kier molecular flexibility index (Phi) is 8.39. The van der Waals surface area contributed by atoms with Crippen LogP contribution >= 0.6 is 0 Å². The number of nitrogens with one attached hydrogen (secondary N) is 1. The highest BCUT2D eigenvalue weighted by Crippen LogP contribution is 2.25. The molecule has 0 aliphatic carbocycles. The summed E-state index contributed by atoms with van der Waals surface area (Å²) in [4.78, 5) is 13.6. The van der Waals surface area contributed by atoms with Gasteiger partial charge in [0.1, 0.15) is 6.73 Å². The third kappa shape index (κ3) is 7.03. The summed E-state index contributed by atoms with van der Waals surface area (Å²) in [5.41, 5.74) is 5.92. The number of ether oxygens (including phenoxy) is 1. The Balaban J connectivity index is 1.43. The molecule has 0 aliphatic rings. The number of rotatable bonds is 11. The molecule has 1 N–H and O–H groups in total. The molecule has 202 valence electrons. The van der Waals surface area contributed by atoms with Crippen molar-refractivity contribution in [3.05, 3.63) is 126 Å². The first-order valence-electron chi connectivity index (χ1n) is 13.6. The predicted molar refractivity (Wildman–Crippen MR) is 169 cm³/mol. The number of nitrogens with zero attached hydrogens (tertiary/aromatic N) is 2. The van der Waals surface area contributed by atoms with Crippen LogP contribution in [0.25, 0.3) is 23.1 Å². The summed E-state index contributed by atoms with van der Waals surface area (Å²) >= 11 is 0. The van der Waals surface area contributed by atoms with Crippen molar-refractivity contribution in [2.45, 2.75) is 32.4 Å². The van der Waals surface area contributed by atoms with Crippen LogP contribution in [0.5, 0.6) is 0 Å². The first-order chi connectivity index (χ1) is 19.4. The molecule has 1 aromatic heterocycles. The predicted octanol–water partition coefficient (Wildman–Crippen LogP) is 8.49. The molecule has 0 fully saturated rings. The van der Waals surface area contributed by atoms with E-state index in [4.69, 9.17) is 9.84 Å². The maximum Gasteiger partial charge on any atom is 0.193 e. The van der Waals surface area contributed by atoms with Gasteiger partial charge < -0.3 is 10.1 Å². The Labute approximate surface area is 237 Å². The molecule has 0 radical (unpaired) electrons. The first kappa shape index (κ1) is 27.3. The van der Waals surface area contributed by atoms with Crippen molar-refractivity contribution in [2.24, 2.45) is 0 Å². The van der Waals surface area contributed by atoms with Crippen LogP contribution in [0.3, 0.4) is 0 Å². The van der Waals surface area contributed by atoms with E-state index < -0.39 is 8.07 Å². The molecule has 0 amide bonds. The molecule has 5 aromatic rings. The minimum Gasteiger partial charge on any atom is -0.360 e. The molecule has 0 aliphatic heterocycles. The van der Waals surface area contributed by atoms with Crippen LogP contribution in [-0.4, -0.2) is 30.2 Å². The minimum atomic E-state index is -1.20. The average molecular weight is 546 g/mol. The molecule has 4 aromatic carbocycles. The summed E-state index contributed by atoms with van der Waals surface area (Å²) < 4.78 is 7.92. The number of hydrogen-bond acceptors (Lipinski definition) is 4. The molecule has 0 saturated heterocycles. The molecule has 5 rings (SSSR count). The number of benzene rings is 4. The van der Waals surface area contributed by atoms with Crippen molar-refractivity contribution in [1.29, 1.82) is 0 Å². The average Bonchev–Trinajstić information content (AvgIpc) is 3.31. The van der Waals surface area contributed by atoms with Gasteiger partial charge in [0.15, 0.2) is 5.78 Å². The lowest BCUT2D eigenvalue weighted by molar-refractivity contribution is 0.0816. The van der Waals surface area contributed by atoms with E-state index in [2.05, 4.69) is 43.2 Å². The van der Waals surface area contributed by atoms with Crippen LogP contribution in [0, 0.1) is 0 Å². The maximum atomic E-state index is 13.6. The number of anilines is 2.